The van der Waals surface area contributed by atoms with Crippen molar-refractivity contribution in [1.82, 2.24) is 0 Å². The number of halogens is 3. The molecule has 1 rings (SSSR count). The second-order valence-electron chi connectivity index (χ2n) is 3.64. The van der Waals surface area contributed by atoms with Gasteiger partial charge in [0, 0.05) is 17.8 Å². The Balaban J connectivity index is 3.13. The first-order valence-electron chi connectivity index (χ1n) is 5.23. The molecule has 0 aromatic heterocycles. The molecule has 0 unspecified atom stereocenters. The van der Waals surface area contributed by atoms with Crippen LogP contribution in [0.2, 0.25) is 0 Å². The Kier molecular flexibility index (Phi) is 4.96. The second-order valence-corrected chi connectivity index (χ2v) is 3.64. The van der Waals surface area contributed by atoms with E-state index in [1.165, 1.54) is 11.0 Å². The molecule has 1 aromatic rings. The van der Waals surface area contributed by atoms with Crippen molar-refractivity contribution in [2.45, 2.75) is 6.43 Å². The summed E-state index contributed by atoms with van der Waals surface area (Å²) in [5.74, 6) is -1.02. The van der Waals surface area contributed by atoms with Crippen LogP contribution < -0.4 is 10.6 Å². The Morgan fingerprint density at radius 2 is 2.11 bits per heavy atom. The molecule has 0 aliphatic heterocycles. The smallest absolute Gasteiger partial charge is 0.255 e. The van der Waals surface area contributed by atoms with E-state index >= 15 is 0 Å². The molecule has 0 bridgehead atoms. The summed E-state index contributed by atoms with van der Waals surface area (Å²) in [5.41, 5.74) is 5.53. The topological polar surface area (TPSA) is 73.3 Å². The maximum Gasteiger partial charge on any atom is 0.255 e. The van der Waals surface area contributed by atoms with Gasteiger partial charge in [-0.2, -0.15) is 0 Å². The van der Waals surface area contributed by atoms with Crippen molar-refractivity contribution in [3.63, 3.8) is 0 Å². The summed E-state index contributed by atoms with van der Waals surface area (Å²) in [7, 11) is 0. The van der Waals surface area contributed by atoms with Crippen molar-refractivity contribution in [2.75, 3.05) is 24.6 Å². The largest absolute Gasteiger partial charge is 0.395 e. The fourth-order valence-corrected chi connectivity index (χ4v) is 1.60. The van der Waals surface area contributed by atoms with Crippen LogP contribution in [-0.2, 0) is 0 Å². The number of anilines is 1. The first kappa shape index (κ1) is 14.3. The van der Waals surface area contributed by atoms with Gasteiger partial charge in [-0.05, 0) is 18.2 Å². The molecule has 0 aliphatic rings. The van der Waals surface area contributed by atoms with E-state index in [1.807, 2.05) is 0 Å². The summed E-state index contributed by atoms with van der Waals surface area (Å²) in [5, 5.41) is 16.2. The number of hydrogen-bond donors (Lipinski definition) is 3. The summed E-state index contributed by atoms with van der Waals surface area (Å²) in [6.45, 7) is -0.996. The van der Waals surface area contributed by atoms with Gasteiger partial charge < -0.3 is 15.7 Å². The Labute approximate surface area is 102 Å². The molecule has 0 radical (unpaired) electrons. The number of aliphatic hydroxyl groups excluding tert-OH is 1. The predicted octanol–water partition coefficient (Wildman–Crippen LogP) is 1.17. The van der Waals surface area contributed by atoms with Gasteiger partial charge in [0.05, 0.1) is 13.2 Å². The lowest BCUT2D eigenvalue weighted by Gasteiger charge is -2.25. The van der Waals surface area contributed by atoms with E-state index in [2.05, 4.69) is 0 Å². The van der Waals surface area contributed by atoms with Gasteiger partial charge in [-0.15, -0.1) is 0 Å². The quantitative estimate of drug-likeness (QED) is 0.531. The van der Waals surface area contributed by atoms with Gasteiger partial charge in [-0.1, -0.05) is 0 Å². The van der Waals surface area contributed by atoms with Crippen LogP contribution in [0.5, 0.6) is 0 Å². The molecular weight excluding hydrogens is 247 g/mol. The van der Waals surface area contributed by atoms with Gasteiger partial charge in [0.25, 0.3) is 6.43 Å². The van der Waals surface area contributed by atoms with Crippen molar-refractivity contribution in [3.05, 3.63) is 29.6 Å². The molecule has 7 heteroatoms. The third-order valence-electron chi connectivity index (χ3n) is 2.32. The number of alkyl halides is 2. The number of nitrogen functional groups attached to an aromatic ring is 1. The first-order chi connectivity index (χ1) is 8.45. The molecule has 1 aromatic carbocycles. The molecule has 0 amide bonds. The highest BCUT2D eigenvalue weighted by Crippen LogP contribution is 2.22. The molecule has 100 valence electrons. The van der Waals surface area contributed by atoms with Crippen LogP contribution in [0.15, 0.2) is 18.2 Å². The molecule has 0 fully saturated rings. The fraction of sp³-hybridized carbons (Fsp3) is 0.364. The number of nitrogens with zero attached hydrogens (tertiary/aromatic N) is 1. The average molecular weight is 261 g/mol. The minimum absolute atomic E-state index is 0.0316. The molecule has 0 saturated carbocycles. The van der Waals surface area contributed by atoms with E-state index in [9.17, 15) is 13.2 Å². The number of hydrogen-bond acceptors (Lipinski definition) is 3. The zero-order valence-corrected chi connectivity index (χ0v) is 9.54. The van der Waals surface area contributed by atoms with Crippen molar-refractivity contribution < 1.29 is 18.3 Å². The van der Waals surface area contributed by atoms with E-state index in [-0.39, 0.29) is 24.4 Å². The van der Waals surface area contributed by atoms with Crippen LogP contribution in [0.25, 0.3) is 0 Å². The first-order valence-corrected chi connectivity index (χ1v) is 5.23. The maximum absolute atomic E-state index is 13.1. The van der Waals surface area contributed by atoms with Crippen molar-refractivity contribution in [3.8, 4) is 0 Å². The second kappa shape index (κ2) is 6.25. The highest BCUT2D eigenvalue weighted by molar-refractivity contribution is 6.00. The zero-order chi connectivity index (χ0) is 13.7. The van der Waals surface area contributed by atoms with Crippen molar-refractivity contribution in [2.24, 2.45) is 5.73 Å². The Bertz CT molecular complexity index is 426. The van der Waals surface area contributed by atoms with Gasteiger partial charge in [0.2, 0.25) is 0 Å². The molecular formula is C11H14F3N3O. The van der Waals surface area contributed by atoms with Crippen LogP contribution in [0, 0.1) is 11.2 Å². The number of amidine groups is 1. The molecule has 4 nitrogen and oxygen atoms in total. The Morgan fingerprint density at radius 1 is 1.44 bits per heavy atom. The molecule has 0 saturated heterocycles. The number of benzene rings is 1. The Morgan fingerprint density at radius 3 is 2.61 bits per heavy atom. The molecule has 4 N–H and O–H groups in total. The maximum atomic E-state index is 13.1. The van der Waals surface area contributed by atoms with Crippen LogP contribution in [-0.4, -0.2) is 37.1 Å². The van der Waals surface area contributed by atoms with Gasteiger partial charge in [-0.25, -0.2) is 13.2 Å². The summed E-state index contributed by atoms with van der Waals surface area (Å²) >= 11 is 0. The van der Waals surface area contributed by atoms with Gasteiger partial charge in [-0.3, -0.25) is 5.41 Å². The lowest BCUT2D eigenvalue weighted by atomic mass is 10.1. The third kappa shape index (κ3) is 3.63. The average Bonchev–Trinajstić information content (AvgIpc) is 2.27. The minimum atomic E-state index is -2.61. The fourth-order valence-electron chi connectivity index (χ4n) is 1.60. The van der Waals surface area contributed by atoms with Crippen LogP contribution in [0.1, 0.15) is 5.56 Å². The number of nitrogens with one attached hydrogen (secondary N) is 1. The summed E-state index contributed by atoms with van der Waals surface area (Å²) in [6, 6.07) is 3.37. The minimum Gasteiger partial charge on any atom is -0.395 e. The predicted molar refractivity (Wildman–Crippen MR) is 62.7 cm³/mol. The van der Waals surface area contributed by atoms with E-state index in [4.69, 9.17) is 16.2 Å². The summed E-state index contributed by atoms with van der Waals surface area (Å²) in [6.07, 6.45) is -2.61. The van der Waals surface area contributed by atoms with E-state index < -0.39 is 24.6 Å². The molecule has 18 heavy (non-hydrogen) atoms. The van der Waals surface area contributed by atoms with Crippen LogP contribution >= 0.6 is 0 Å². The number of rotatable bonds is 6. The van der Waals surface area contributed by atoms with Gasteiger partial charge in [0.15, 0.2) is 0 Å². The molecule has 0 atom stereocenters. The van der Waals surface area contributed by atoms with Crippen molar-refractivity contribution in [1.29, 1.82) is 5.41 Å². The lowest BCUT2D eigenvalue weighted by Crippen LogP contribution is -2.33. The third-order valence-corrected chi connectivity index (χ3v) is 2.32. The molecule has 0 aliphatic carbocycles. The van der Waals surface area contributed by atoms with E-state index in [0.717, 1.165) is 12.1 Å². The molecule has 0 spiro atoms. The summed E-state index contributed by atoms with van der Waals surface area (Å²) in [4.78, 5) is 1.17. The zero-order valence-electron chi connectivity index (χ0n) is 9.54. The lowest BCUT2D eigenvalue weighted by molar-refractivity contribution is 0.153. The Hall–Kier alpha value is -1.76. The number of nitrogens with two attached hydrogens (primary N) is 1. The van der Waals surface area contributed by atoms with Gasteiger partial charge >= 0.3 is 0 Å². The van der Waals surface area contributed by atoms with Gasteiger partial charge in [0.1, 0.15) is 11.7 Å². The van der Waals surface area contributed by atoms with E-state index in [0.29, 0.717) is 0 Å². The van der Waals surface area contributed by atoms with E-state index in [1.54, 1.807) is 0 Å². The van der Waals surface area contributed by atoms with Crippen LogP contribution in [0.3, 0.4) is 0 Å². The monoisotopic (exact) mass is 261 g/mol. The number of aliphatic hydroxyl groups is 1. The summed E-state index contributed by atoms with van der Waals surface area (Å²) < 4.78 is 37.9. The highest BCUT2D eigenvalue weighted by atomic mass is 19.3. The molecule has 0 heterocycles. The normalized spacial score (nSPS) is 10.7. The SMILES string of the molecule is N=C(N)c1cc(F)ccc1N(CCO)CC(F)F. The van der Waals surface area contributed by atoms with Crippen molar-refractivity contribution >= 4 is 11.5 Å². The van der Waals surface area contributed by atoms with Crippen LogP contribution in [0.4, 0.5) is 18.9 Å². The standard InChI is InChI=1S/C11H14F3N3O/c12-7-1-2-9(8(5-7)11(15)16)17(3-4-18)6-10(13)14/h1-2,5,10,18H,3-4,6H2,(H3,15,16). The highest BCUT2D eigenvalue weighted by Gasteiger charge is 2.17.